The number of amides is 4. The normalized spacial score (nSPS) is 18.6. The number of anilines is 1. The number of ketones is 2. The van der Waals surface area contributed by atoms with Gasteiger partial charge in [-0.15, -0.1) is 11.3 Å². The van der Waals surface area contributed by atoms with Crippen LogP contribution < -0.4 is 16.4 Å². The quantitative estimate of drug-likeness (QED) is 0.204. The summed E-state index contributed by atoms with van der Waals surface area (Å²) in [5.41, 5.74) is 10.8. The molecular weight excluding hydrogens is 659 g/mol. The molecule has 258 valence electrons. The Hall–Kier alpha value is -5.50. The molecule has 13 nitrogen and oxygen atoms in total. The Morgan fingerprint density at radius 1 is 0.920 bits per heavy atom. The zero-order valence-corrected chi connectivity index (χ0v) is 29.0. The third-order valence-electron chi connectivity index (χ3n) is 9.98. The Bertz CT molecular complexity index is 2180. The maximum atomic E-state index is 13.6. The molecule has 4 aromatic rings. The second-order valence-electron chi connectivity index (χ2n) is 13.5. The second kappa shape index (κ2) is 12.1. The van der Waals surface area contributed by atoms with E-state index < -0.39 is 17.7 Å². The molecule has 1 saturated carbocycles. The number of nitrogens with two attached hydrogens (primary N) is 1. The van der Waals surface area contributed by atoms with Crippen molar-refractivity contribution in [1.29, 1.82) is 0 Å². The Kier molecular flexibility index (Phi) is 8.01. The Morgan fingerprint density at radius 2 is 1.58 bits per heavy atom. The van der Waals surface area contributed by atoms with Crippen LogP contribution in [0.15, 0.2) is 53.9 Å². The highest BCUT2D eigenvalue weighted by atomic mass is 32.1. The van der Waals surface area contributed by atoms with E-state index in [1.807, 2.05) is 12.3 Å². The summed E-state index contributed by atoms with van der Waals surface area (Å²) in [7, 11) is 5.14. The van der Waals surface area contributed by atoms with Gasteiger partial charge < -0.3 is 35.0 Å². The third-order valence-corrected chi connectivity index (χ3v) is 11.1. The van der Waals surface area contributed by atoms with Crippen molar-refractivity contribution in [2.45, 2.75) is 38.0 Å². The van der Waals surface area contributed by atoms with Crippen molar-refractivity contribution in [3.05, 3.63) is 98.2 Å². The molecule has 7 rings (SSSR count). The fraction of sp³-hybridized carbons (Fsp3) is 0.333. The van der Waals surface area contributed by atoms with Crippen molar-refractivity contribution in [2.24, 2.45) is 32.8 Å². The van der Waals surface area contributed by atoms with Crippen molar-refractivity contribution >= 4 is 52.2 Å². The molecule has 2 fully saturated rings. The van der Waals surface area contributed by atoms with E-state index in [0.29, 0.717) is 46.4 Å². The largest absolute Gasteiger partial charge is 0.370 e. The smallest absolute Gasteiger partial charge is 0.272 e. The molecule has 1 saturated heterocycles. The van der Waals surface area contributed by atoms with Crippen LogP contribution in [0.25, 0.3) is 0 Å². The minimum atomic E-state index is -0.522. The predicted molar refractivity (Wildman–Crippen MR) is 185 cm³/mol. The zero-order chi connectivity index (χ0) is 35.6. The number of likely N-dealkylation sites (tertiary alicyclic amines) is 1. The summed E-state index contributed by atoms with van der Waals surface area (Å²) >= 11 is 1.49. The molecule has 0 unspecified atom stereocenters. The molecule has 0 aromatic carbocycles. The second-order valence-corrected chi connectivity index (χ2v) is 14.4. The summed E-state index contributed by atoms with van der Waals surface area (Å²) in [5, 5.41) is 7.44. The van der Waals surface area contributed by atoms with E-state index >= 15 is 0 Å². The monoisotopic (exact) mass is 695 g/mol. The van der Waals surface area contributed by atoms with Crippen LogP contribution in [0.1, 0.15) is 76.2 Å². The topological polar surface area (TPSA) is 171 Å². The lowest BCUT2D eigenvalue weighted by atomic mass is 9.84. The number of carbonyl (C=O) groups is 6. The van der Waals surface area contributed by atoms with Crippen molar-refractivity contribution in [3.8, 4) is 0 Å². The van der Waals surface area contributed by atoms with Gasteiger partial charge in [0, 0.05) is 82.9 Å². The predicted octanol–water partition coefficient (Wildman–Crippen LogP) is 2.78. The molecule has 3 aliphatic rings. The lowest BCUT2D eigenvalue weighted by Gasteiger charge is -2.28. The van der Waals surface area contributed by atoms with Gasteiger partial charge in [-0.05, 0) is 65.1 Å². The van der Waals surface area contributed by atoms with Crippen LogP contribution >= 0.6 is 11.3 Å². The van der Waals surface area contributed by atoms with Gasteiger partial charge in [-0.1, -0.05) is 0 Å². The van der Waals surface area contributed by atoms with E-state index in [0.717, 1.165) is 28.1 Å². The first-order valence-electron chi connectivity index (χ1n) is 16.3. The highest BCUT2D eigenvalue weighted by molar-refractivity contribution is 7.12. The number of aryl methyl sites for hydroxylation is 4. The maximum absolute atomic E-state index is 13.6. The van der Waals surface area contributed by atoms with Crippen LogP contribution in [-0.2, 0) is 49.0 Å². The summed E-state index contributed by atoms with van der Waals surface area (Å²) in [6, 6.07) is 4.91. The van der Waals surface area contributed by atoms with Crippen LogP contribution in [0, 0.1) is 12.8 Å². The number of hydrogen-bond acceptors (Lipinski definition) is 7. The van der Waals surface area contributed by atoms with Crippen molar-refractivity contribution in [3.63, 3.8) is 0 Å². The van der Waals surface area contributed by atoms with Gasteiger partial charge in [-0.25, -0.2) is 0 Å². The molecule has 4 amide bonds. The van der Waals surface area contributed by atoms with E-state index in [4.69, 9.17) is 5.73 Å². The lowest BCUT2D eigenvalue weighted by Crippen LogP contribution is -2.34. The molecule has 1 spiro atoms. The molecule has 4 N–H and O–H groups in total. The fourth-order valence-corrected chi connectivity index (χ4v) is 8.67. The van der Waals surface area contributed by atoms with E-state index in [2.05, 4.69) is 10.6 Å². The molecule has 1 aliphatic heterocycles. The summed E-state index contributed by atoms with van der Waals surface area (Å²) in [4.78, 5) is 79.2. The van der Waals surface area contributed by atoms with E-state index in [1.165, 1.54) is 17.4 Å². The van der Waals surface area contributed by atoms with E-state index in [-0.39, 0.29) is 48.7 Å². The Morgan fingerprint density at radius 3 is 2.32 bits per heavy atom. The molecule has 2 aliphatic carbocycles. The zero-order valence-electron chi connectivity index (χ0n) is 28.2. The van der Waals surface area contributed by atoms with Crippen molar-refractivity contribution in [2.75, 3.05) is 18.4 Å². The number of allylic oxidation sites excluding steroid dienone is 2. The average Bonchev–Trinajstić information content (AvgIpc) is 3.56. The van der Waals surface area contributed by atoms with Crippen molar-refractivity contribution in [1.82, 2.24) is 23.9 Å². The third kappa shape index (κ3) is 5.58. The summed E-state index contributed by atoms with van der Waals surface area (Å²) in [6.45, 7) is 2.73. The van der Waals surface area contributed by atoms with Crippen LogP contribution in [0.4, 0.5) is 5.69 Å². The number of nitrogens with one attached hydrogen (secondary N) is 2. The van der Waals surface area contributed by atoms with Gasteiger partial charge in [0.2, 0.25) is 11.8 Å². The number of rotatable bonds is 11. The van der Waals surface area contributed by atoms with Crippen molar-refractivity contribution < 1.29 is 28.8 Å². The molecule has 5 heterocycles. The highest BCUT2D eigenvalue weighted by Gasteiger charge is 2.67. The molecule has 50 heavy (non-hydrogen) atoms. The van der Waals surface area contributed by atoms with Crippen LogP contribution in [0.3, 0.4) is 0 Å². The molecule has 0 bridgehead atoms. The summed E-state index contributed by atoms with van der Waals surface area (Å²) < 4.78 is 4.91. The number of aromatic nitrogens is 3. The summed E-state index contributed by atoms with van der Waals surface area (Å²) in [5.74, 6) is -1.32. The molecular formula is C36H37N7O6S. The minimum Gasteiger partial charge on any atom is -0.370 e. The number of Topliss-reactive ketones (excluding diaryl/α,β-unsaturated/α-hetero) is 1. The first-order valence-corrected chi connectivity index (χ1v) is 17.2. The SMILES string of the molecule is Cc1csc2c1[C@]13C[C@H]1CN(C(=O)Cc1cc(C(=O)Cc4cc(C(=O)Nc5cc(C(=O)NCCC(N)=O)n(C)c5)n(C)c4)n(C)c1)C3=CC2=O. The minimum absolute atomic E-state index is 0.0161. The average molecular weight is 696 g/mol. The first kappa shape index (κ1) is 33.0. The Balaban J connectivity index is 0.984. The Labute approximate surface area is 291 Å². The summed E-state index contributed by atoms with van der Waals surface area (Å²) in [6.07, 6.45) is 7.89. The number of hydrogen-bond donors (Lipinski definition) is 3. The molecule has 4 aromatic heterocycles. The van der Waals surface area contributed by atoms with Gasteiger partial charge in [-0.2, -0.15) is 0 Å². The number of thiophene rings is 1. The number of fused-ring (bicyclic) bond motifs is 1. The number of piperidine rings is 1. The van der Waals surface area contributed by atoms with Gasteiger partial charge in [0.15, 0.2) is 11.6 Å². The number of carbonyl (C=O) groups excluding carboxylic acids is 6. The van der Waals surface area contributed by atoms with Crippen LogP contribution in [0.5, 0.6) is 0 Å². The number of nitrogens with zero attached hydrogens (tertiary/aromatic N) is 4. The molecule has 0 radical (unpaired) electrons. The van der Waals surface area contributed by atoms with Gasteiger partial charge in [0.25, 0.3) is 11.8 Å². The van der Waals surface area contributed by atoms with E-state index in [9.17, 15) is 28.8 Å². The van der Waals surface area contributed by atoms with E-state index in [1.54, 1.807) is 76.5 Å². The molecule has 14 heteroatoms. The van der Waals surface area contributed by atoms with Gasteiger partial charge in [0.05, 0.1) is 22.7 Å². The maximum Gasteiger partial charge on any atom is 0.272 e. The first-order chi connectivity index (χ1) is 23.8. The lowest BCUT2D eigenvalue weighted by molar-refractivity contribution is -0.128. The van der Waals surface area contributed by atoms with Gasteiger partial charge in [-0.3, -0.25) is 28.8 Å². The highest BCUT2D eigenvalue weighted by Crippen LogP contribution is 2.67. The van der Waals surface area contributed by atoms with Gasteiger partial charge >= 0.3 is 0 Å². The van der Waals surface area contributed by atoms with Crippen LogP contribution in [-0.4, -0.2) is 66.9 Å². The van der Waals surface area contributed by atoms with Crippen LogP contribution in [0.2, 0.25) is 0 Å². The van der Waals surface area contributed by atoms with Gasteiger partial charge in [0.1, 0.15) is 11.4 Å². The standard InChI is InChI=1S/C36H37N7O6S/c1-19-18-50-33-28(45)12-29-36(32(19)33)13-22(36)16-43(29)31(47)10-21-7-24(40(2)15-21)27(44)9-20-8-25(41(3)14-20)35(49)39-23-11-26(42(4)17-23)34(48)38-6-5-30(37)46/h7-8,11-12,14-15,17-18,22H,5-6,9-10,13,16H2,1-4H3,(H2,37,46)(H,38,48)(H,39,49)/t22-,36+/m0/s1. The molecule has 2 atom stereocenters. The number of primary amides is 1. The fourth-order valence-electron chi connectivity index (χ4n) is 7.62.